The third kappa shape index (κ3) is 2.29. The van der Waals surface area contributed by atoms with Gasteiger partial charge in [0.1, 0.15) is 12.1 Å². The lowest BCUT2D eigenvalue weighted by atomic mass is 10.2. The molecule has 5 heteroatoms. The molecule has 1 aromatic rings. The summed E-state index contributed by atoms with van der Waals surface area (Å²) in [7, 11) is 1.17. The minimum Gasteiger partial charge on any atom is -0.453 e. The van der Waals surface area contributed by atoms with Crippen molar-refractivity contribution in [3.63, 3.8) is 0 Å². The average Bonchev–Trinajstić information content (AvgIpc) is 2.20. The molecule has 0 aromatic heterocycles. The van der Waals surface area contributed by atoms with Crippen molar-refractivity contribution in [1.29, 1.82) is 0 Å². The van der Waals surface area contributed by atoms with Crippen LogP contribution in [0.25, 0.3) is 0 Å². The van der Waals surface area contributed by atoms with Crippen LogP contribution in [0.4, 0.5) is 14.9 Å². The second kappa shape index (κ2) is 4.36. The summed E-state index contributed by atoms with van der Waals surface area (Å²) in [5.41, 5.74) is 0.181. The van der Waals surface area contributed by atoms with Crippen molar-refractivity contribution >= 4 is 18.1 Å². The van der Waals surface area contributed by atoms with Crippen molar-refractivity contribution in [3.8, 4) is 0 Å². The SMILES string of the molecule is COC(=O)Nc1ccc(C=O)cc1F. The maximum atomic E-state index is 13.1. The van der Waals surface area contributed by atoms with E-state index in [-0.39, 0.29) is 11.3 Å². The number of aldehydes is 1. The Kier molecular flexibility index (Phi) is 3.17. The largest absolute Gasteiger partial charge is 0.453 e. The Morgan fingerprint density at radius 3 is 2.79 bits per heavy atom. The first kappa shape index (κ1) is 10.2. The summed E-state index contributed by atoms with van der Waals surface area (Å²) in [6.45, 7) is 0. The predicted molar refractivity (Wildman–Crippen MR) is 47.8 cm³/mol. The molecule has 0 saturated heterocycles. The van der Waals surface area contributed by atoms with Gasteiger partial charge in [0.25, 0.3) is 0 Å². The zero-order valence-electron chi connectivity index (χ0n) is 7.41. The number of amides is 1. The molecule has 1 N–H and O–H groups in total. The highest BCUT2D eigenvalue weighted by atomic mass is 19.1. The number of ether oxygens (including phenoxy) is 1. The Bertz CT molecular complexity index is 365. The Hall–Kier alpha value is -1.91. The fourth-order valence-corrected chi connectivity index (χ4v) is 0.867. The van der Waals surface area contributed by atoms with Crippen LogP contribution in [0.1, 0.15) is 10.4 Å². The summed E-state index contributed by atoms with van der Waals surface area (Å²) in [5, 5.41) is 2.16. The van der Waals surface area contributed by atoms with E-state index in [2.05, 4.69) is 10.1 Å². The number of benzene rings is 1. The van der Waals surface area contributed by atoms with E-state index >= 15 is 0 Å². The van der Waals surface area contributed by atoms with Crippen molar-refractivity contribution in [3.05, 3.63) is 29.6 Å². The van der Waals surface area contributed by atoms with Gasteiger partial charge in [-0.2, -0.15) is 0 Å². The van der Waals surface area contributed by atoms with Gasteiger partial charge in [-0.1, -0.05) is 0 Å². The third-order valence-corrected chi connectivity index (χ3v) is 1.55. The molecule has 0 radical (unpaired) electrons. The summed E-state index contributed by atoms with van der Waals surface area (Å²) in [6, 6.07) is 3.70. The summed E-state index contributed by atoms with van der Waals surface area (Å²) in [4.78, 5) is 21.0. The molecular weight excluding hydrogens is 189 g/mol. The van der Waals surface area contributed by atoms with Gasteiger partial charge in [0.05, 0.1) is 12.8 Å². The van der Waals surface area contributed by atoms with E-state index in [4.69, 9.17) is 0 Å². The lowest BCUT2D eigenvalue weighted by Crippen LogP contribution is -2.12. The Morgan fingerprint density at radius 2 is 2.29 bits per heavy atom. The van der Waals surface area contributed by atoms with Gasteiger partial charge in [0, 0.05) is 5.56 Å². The monoisotopic (exact) mass is 197 g/mol. The fourth-order valence-electron chi connectivity index (χ4n) is 0.867. The number of hydrogen-bond donors (Lipinski definition) is 1. The number of halogens is 1. The second-order valence-electron chi connectivity index (χ2n) is 2.47. The molecule has 4 nitrogen and oxygen atoms in total. The summed E-state index contributed by atoms with van der Waals surface area (Å²) < 4.78 is 17.4. The number of rotatable bonds is 2. The number of methoxy groups -OCH3 is 1. The molecule has 1 rings (SSSR count). The first-order chi connectivity index (χ1) is 6.67. The molecule has 0 fully saturated rings. The van der Waals surface area contributed by atoms with Gasteiger partial charge in [-0.05, 0) is 18.2 Å². The highest BCUT2D eigenvalue weighted by molar-refractivity contribution is 5.85. The van der Waals surface area contributed by atoms with Crippen LogP contribution in [0.2, 0.25) is 0 Å². The van der Waals surface area contributed by atoms with Crippen LogP contribution in [0.5, 0.6) is 0 Å². The first-order valence-electron chi connectivity index (χ1n) is 3.77. The predicted octanol–water partition coefficient (Wildman–Crippen LogP) is 1.82. The van der Waals surface area contributed by atoms with Crippen molar-refractivity contribution < 1.29 is 18.7 Å². The maximum absolute atomic E-state index is 13.1. The van der Waals surface area contributed by atoms with Crippen LogP contribution in [0.15, 0.2) is 18.2 Å². The second-order valence-corrected chi connectivity index (χ2v) is 2.47. The number of carbonyl (C=O) groups is 2. The van der Waals surface area contributed by atoms with Gasteiger partial charge in [-0.25, -0.2) is 9.18 Å². The van der Waals surface area contributed by atoms with Gasteiger partial charge in [0.15, 0.2) is 0 Å². The number of anilines is 1. The molecule has 74 valence electrons. The zero-order chi connectivity index (χ0) is 10.6. The van der Waals surface area contributed by atoms with Crippen LogP contribution in [0.3, 0.4) is 0 Å². The molecule has 0 bridgehead atoms. The van der Waals surface area contributed by atoms with Gasteiger partial charge in [0.2, 0.25) is 0 Å². The van der Waals surface area contributed by atoms with Crippen LogP contribution >= 0.6 is 0 Å². The molecule has 0 heterocycles. The summed E-state index contributed by atoms with van der Waals surface area (Å²) in [6.07, 6.45) is -0.242. The maximum Gasteiger partial charge on any atom is 0.411 e. The third-order valence-electron chi connectivity index (χ3n) is 1.55. The van der Waals surface area contributed by atoms with E-state index in [1.165, 1.54) is 19.2 Å². The molecule has 0 aliphatic carbocycles. The number of carbonyl (C=O) groups excluding carboxylic acids is 2. The molecule has 0 saturated carbocycles. The van der Waals surface area contributed by atoms with Gasteiger partial charge in [-0.3, -0.25) is 10.1 Å². The van der Waals surface area contributed by atoms with Crippen LogP contribution in [-0.2, 0) is 4.74 Å². The summed E-state index contributed by atoms with van der Waals surface area (Å²) in [5.74, 6) is -0.681. The molecule has 0 aliphatic rings. The van der Waals surface area contributed by atoms with E-state index in [9.17, 15) is 14.0 Å². The number of nitrogens with one attached hydrogen (secondary N) is 1. The normalized spacial score (nSPS) is 9.29. The lowest BCUT2D eigenvalue weighted by Gasteiger charge is -2.04. The lowest BCUT2D eigenvalue weighted by molar-refractivity contribution is 0.112. The molecule has 1 aromatic carbocycles. The van der Waals surface area contributed by atoms with Crippen molar-refractivity contribution in [2.75, 3.05) is 12.4 Å². The molecule has 1 amide bonds. The first-order valence-corrected chi connectivity index (χ1v) is 3.77. The highest BCUT2D eigenvalue weighted by Crippen LogP contribution is 2.14. The van der Waals surface area contributed by atoms with Crippen LogP contribution in [0, 0.1) is 5.82 Å². The van der Waals surface area contributed by atoms with Crippen molar-refractivity contribution in [2.45, 2.75) is 0 Å². The van der Waals surface area contributed by atoms with Crippen molar-refractivity contribution in [1.82, 2.24) is 0 Å². The van der Waals surface area contributed by atoms with Crippen LogP contribution < -0.4 is 5.32 Å². The fraction of sp³-hybridized carbons (Fsp3) is 0.111. The van der Waals surface area contributed by atoms with E-state index in [0.29, 0.717) is 6.29 Å². The highest BCUT2D eigenvalue weighted by Gasteiger charge is 2.06. The topological polar surface area (TPSA) is 55.4 Å². The standard InChI is InChI=1S/C9H8FNO3/c1-14-9(13)11-8-3-2-6(5-12)4-7(8)10/h2-5H,1H3,(H,11,13). The van der Waals surface area contributed by atoms with Gasteiger partial charge >= 0.3 is 6.09 Å². The average molecular weight is 197 g/mol. The van der Waals surface area contributed by atoms with E-state index in [1.807, 2.05) is 0 Å². The van der Waals surface area contributed by atoms with Gasteiger partial charge < -0.3 is 4.74 Å². The molecule has 0 atom stereocenters. The minimum atomic E-state index is -0.761. The quantitative estimate of drug-likeness (QED) is 0.735. The minimum absolute atomic E-state index is 0.0255. The van der Waals surface area contributed by atoms with E-state index < -0.39 is 11.9 Å². The zero-order valence-corrected chi connectivity index (χ0v) is 7.41. The smallest absolute Gasteiger partial charge is 0.411 e. The molecule has 14 heavy (non-hydrogen) atoms. The van der Waals surface area contributed by atoms with E-state index in [1.54, 1.807) is 0 Å². The Labute approximate surface area is 79.7 Å². The van der Waals surface area contributed by atoms with E-state index in [0.717, 1.165) is 6.07 Å². The van der Waals surface area contributed by atoms with Gasteiger partial charge in [-0.15, -0.1) is 0 Å². The number of hydrogen-bond acceptors (Lipinski definition) is 3. The Morgan fingerprint density at radius 1 is 1.57 bits per heavy atom. The molecule has 0 unspecified atom stereocenters. The Balaban J connectivity index is 2.89. The summed E-state index contributed by atoms with van der Waals surface area (Å²) >= 11 is 0. The molecular formula is C9H8FNO3. The van der Waals surface area contributed by atoms with Crippen LogP contribution in [-0.4, -0.2) is 19.5 Å². The molecule has 0 spiro atoms. The van der Waals surface area contributed by atoms with Crippen molar-refractivity contribution in [2.24, 2.45) is 0 Å². The molecule has 0 aliphatic heterocycles.